The van der Waals surface area contributed by atoms with Gasteiger partial charge in [-0.3, -0.25) is 4.79 Å². The second-order valence-corrected chi connectivity index (χ2v) is 7.04. The monoisotopic (exact) mass is 352 g/mol. The number of ether oxygens (including phenoxy) is 3. The Balaban J connectivity index is 2.04. The minimum absolute atomic E-state index is 0.216. The van der Waals surface area contributed by atoms with Crippen molar-refractivity contribution in [3.8, 4) is 17.2 Å². The third-order valence-electron chi connectivity index (χ3n) is 4.92. The Morgan fingerprint density at radius 1 is 0.846 bits per heavy atom. The Morgan fingerprint density at radius 3 is 1.92 bits per heavy atom. The van der Waals surface area contributed by atoms with Gasteiger partial charge in [0, 0.05) is 0 Å². The Hall–Kier alpha value is -2.75. The van der Waals surface area contributed by atoms with Crippen LogP contribution >= 0.6 is 0 Å². The zero-order valence-electron chi connectivity index (χ0n) is 15.9. The summed E-state index contributed by atoms with van der Waals surface area (Å²) >= 11 is 0. The number of hydrogen-bond acceptors (Lipinski definition) is 4. The topological polar surface area (TPSA) is 44.8 Å². The summed E-state index contributed by atoms with van der Waals surface area (Å²) in [5, 5.41) is 4.17. The van der Waals surface area contributed by atoms with Crippen molar-refractivity contribution < 1.29 is 19.0 Å². The molecular weight excluding hydrogens is 328 g/mol. The Labute approximate surface area is 153 Å². The molecule has 0 amide bonds. The summed E-state index contributed by atoms with van der Waals surface area (Å²) in [7, 11) is 3.25. The van der Waals surface area contributed by atoms with E-state index in [9.17, 15) is 4.79 Å². The lowest BCUT2D eigenvalue weighted by Crippen LogP contribution is -2.28. The molecule has 0 heterocycles. The lowest BCUT2D eigenvalue weighted by molar-refractivity contribution is -0.144. The smallest absolute Gasteiger partial charge is 0.316 e. The summed E-state index contributed by atoms with van der Waals surface area (Å²) < 4.78 is 16.4. The second-order valence-electron chi connectivity index (χ2n) is 7.04. The van der Waals surface area contributed by atoms with E-state index in [1.807, 2.05) is 51.1 Å². The van der Waals surface area contributed by atoms with Gasteiger partial charge in [-0.2, -0.15) is 0 Å². The van der Waals surface area contributed by atoms with Crippen molar-refractivity contribution in [3.63, 3.8) is 0 Å². The van der Waals surface area contributed by atoms with Crippen molar-refractivity contribution in [1.82, 2.24) is 0 Å². The molecule has 0 aliphatic heterocycles. The third kappa shape index (κ3) is 3.32. The van der Waals surface area contributed by atoms with Gasteiger partial charge in [0.05, 0.1) is 19.6 Å². The van der Waals surface area contributed by atoms with E-state index in [0.29, 0.717) is 17.2 Å². The van der Waals surface area contributed by atoms with Gasteiger partial charge in [0.1, 0.15) is 5.75 Å². The average Bonchev–Trinajstić information content (AvgIpc) is 2.65. The van der Waals surface area contributed by atoms with Crippen molar-refractivity contribution in [2.75, 3.05) is 14.2 Å². The first-order valence-corrected chi connectivity index (χ1v) is 8.70. The number of methoxy groups -OCH3 is 2. The zero-order valence-corrected chi connectivity index (χ0v) is 15.9. The molecule has 3 rings (SSSR count). The number of rotatable bonds is 5. The van der Waals surface area contributed by atoms with Gasteiger partial charge >= 0.3 is 5.97 Å². The minimum Gasteiger partial charge on any atom is -0.493 e. The van der Waals surface area contributed by atoms with E-state index < -0.39 is 5.41 Å². The summed E-state index contributed by atoms with van der Waals surface area (Å²) in [5.74, 6) is 1.73. The van der Waals surface area contributed by atoms with Crippen LogP contribution in [0.5, 0.6) is 17.2 Å². The first-order valence-electron chi connectivity index (χ1n) is 8.70. The van der Waals surface area contributed by atoms with Crippen LogP contribution in [0.4, 0.5) is 0 Å². The van der Waals surface area contributed by atoms with Crippen LogP contribution in [0.2, 0.25) is 0 Å². The average molecular weight is 352 g/mol. The minimum atomic E-state index is -0.498. The molecule has 0 aromatic heterocycles. The van der Waals surface area contributed by atoms with Gasteiger partial charge in [-0.1, -0.05) is 13.0 Å². The van der Waals surface area contributed by atoms with Crippen molar-refractivity contribution >= 4 is 27.5 Å². The van der Waals surface area contributed by atoms with Crippen molar-refractivity contribution in [2.24, 2.45) is 5.41 Å². The van der Waals surface area contributed by atoms with Crippen LogP contribution in [-0.4, -0.2) is 20.2 Å². The summed E-state index contributed by atoms with van der Waals surface area (Å²) in [6.45, 7) is 5.77. The fourth-order valence-corrected chi connectivity index (χ4v) is 2.76. The van der Waals surface area contributed by atoms with Crippen LogP contribution in [0.3, 0.4) is 0 Å². The molecule has 0 aliphatic rings. The quantitative estimate of drug-likeness (QED) is 0.353. The van der Waals surface area contributed by atoms with E-state index >= 15 is 0 Å². The van der Waals surface area contributed by atoms with Crippen LogP contribution in [0, 0.1) is 5.41 Å². The van der Waals surface area contributed by atoms with Crippen LogP contribution in [-0.2, 0) is 4.79 Å². The first-order chi connectivity index (χ1) is 12.4. The molecule has 3 aromatic carbocycles. The highest BCUT2D eigenvalue weighted by Crippen LogP contribution is 2.35. The number of benzene rings is 3. The highest BCUT2D eigenvalue weighted by Gasteiger charge is 2.27. The summed E-state index contributed by atoms with van der Waals surface area (Å²) in [6.07, 6.45) is 0.728. The molecule has 0 bridgehead atoms. The fourth-order valence-electron chi connectivity index (χ4n) is 2.76. The van der Waals surface area contributed by atoms with Gasteiger partial charge in [-0.15, -0.1) is 0 Å². The molecule has 0 spiro atoms. The molecule has 0 aliphatic carbocycles. The van der Waals surface area contributed by atoms with E-state index in [0.717, 1.165) is 28.0 Å². The number of esters is 1. The molecular formula is C22H24O4. The lowest BCUT2D eigenvalue weighted by atomic mass is 9.91. The largest absolute Gasteiger partial charge is 0.493 e. The van der Waals surface area contributed by atoms with E-state index in [1.54, 1.807) is 14.2 Å². The van der Waals surface area contributed by atoms with Gasteiger partial charge in [0.2, 0.25) is 0 Å². The first kappa shape index (κ1) is 18.1. The zero-order chi connectivity index (χ0) is 18.9. The number of carbonyl (C=O) groups is 1. The maximum absolute atomic E-state index is 12.3. The van der Waals surface area contributed by atoms with Gasteiger partial charge in [0.15, 0.2) is 11.5 Å². The molecule has 0 radical (unpaired) electrons. The molecule has 0 saturated carbocycles. The van der Waals surface area contributed by atoms with Crippen LogP contribution < -0.4 is 14.2 Å². The molecule has 4 heteroatoms. The molecule has 0 N–H and O–H groups in total. The van der Waals surface area contributed by atoms with Crippen LogP contribution in [0.15, 0.2) is 42.5 Å². The highest BCUT2D eigenvalue weighted by molar-refractivity contribution is 6.00. The molecule has 3 aromatic rings. The molecule has 0 atom stereocenters. The normalized spacial score (nSPS) is 11.6. The molecule has 0 fully saturated rings. The Bertz CT molecular complexity index is 973. The second kappa shape index (κ2) is 6.87. The molecule has 0 saturated heterocycles. The van der Waals surface area contributed by atoms with E-state index in [1.165, 1.54) is 0 Å². The highest BCUT2D eigenvalue weighted by atomic mass is 16.5. The molecule has 136 valence electrons. The van der Waals surface area contributed by atoms with Crippen molar-refractivity contribution in [2.45, 2.75) is 27.2 Å². The molecule has 4 nitrogen and oxygen atoms in total. The predicted octanol–water partition coefficient (Wildman–Crippen LogP) is 5.35. The third-order valence-corrected chi connectivity index (χ3v) is 4.92. The maximum Gasteiger partial charge on any atom is 0.316 e. The predicted molar refractivity (Wildman–Crippen MR) is 104 cm³/mol. The number of hydrogen-bond donors (Lipinski definition) is 0. The van der Waals surface area contributed by atoms with E-state index in [-0.39, 0.29) is 5.97 Å². The summed E-state index contributed by atoms with van der Waals surface area (Å²) in [6, 6.07) is 13.8. The van der Waals surface area contributed by atoms with Crippen LogP contribution in [0.1, 0.15) is 27.2 Å². The summed E-state index contributed by atoms with van der Waals surface area (Å²) in [5.41, 5.74) is -0.498. The Morgan fingerprint density at radius 2 is 1.38 bits per heavy atom. The summed E-state index contributed by atoms with van der Waals surface area (Å²) in [4.78, 5) is 12.3. The van der Waals surface area contributed by atoms with Crippen molar-refractivity contribution in [3.05, 3.63) is 42.5 Å². The molecule has 26 heavy (non-hydrogen) atoms. The van der Waals surface area contributed by atoms with Gasteiger partial charge < -0.3 is 14.2 Å². The van der Waals surface area contributed by atoms with Gasteiger partial charge in [0.25, 0.3) is 0 Å². The van der Waals surface area contributed by atoms with Gasteiger partial charge in [-0.05, 0) is 78.2 Å². The van der Waals surface area contributed by atoms with Crippen molar-refractivity contribution in [1.29, 1.82) is 0 Å². The van der Waals surface area contributed by atoms with E-state index in [2.05, 4.69) is 12.1 Å². The van der Waals surface area contributed by atoms with Gasteiger partial charge in [-0.25, -0.2) is 0 Å². The molecule has 0 unspecified atom stereocenters. The van der Waals surface area contributed by atoms with E-state index in [4.69, 9.17) is 14.2 Å². The number of carbonyl (C=O) groups excluding carboxylic acids is 1. The SMILES string of the molecule is CCC(C)(C)C(=O)Oc1ccc2cc3cc(OC)c(OC)cc3cc2c1. The maximum atomic E-state index is 12.3. The van der Waals surface area contributed by atoms with Crippen LogP contribution in [0.25, 0.3) is 21.5 Å². The lowest BCUT2D eigenvalue weighted by Gasteiger charge is -2.20. The number of fused-ring (bicyclic) bond motifs is 2. The fraction of sp³-hybridized carbons (Fsp3) is 0.318. The Kier molecular flexibility index (Phi) is 4.77. The standard InChI is InChI=1S/C22H24O4/c1-6-22(2,3)21(23)26-18-8-7-14-9-16-12-19(24-4)20(25-5)13-17(16)10-15(14)11-18/h7-13H,6H2,1-5H3.